The monoisotopic (exact) mass is 297 g/mol. The number of hydrogen-bond acceptors (Lipinski definition) is 4. The molecular weight excluding hydrogens is 278 g/mol. The molecule has 0 aromatic heterocycles. The lowest BCUT2D eigenvalue weighted by Crippen LogP contribution is -2.21. The van der Waals surface area contributed by atoms with Crippen molar-refractivity contribution < 1.29 is 17.9 Å². The molecule has 1 aromatic carbocycles. The van der Waals surface area contributed by atoms with Crippen molar-refractivity contribution >= 4 is 22.0 Å². The van der Waals surface area contributed by atoms with Gasteiger partial charge in [-0.2, -0.15) is 0 Å². The van der Waals surface area contributed by atoms with Crippen LogP contribution in [-0.2, 0) is 10.0 Å². The first kappa shape index (κ1) is 14.8. The fourth-order valence-electron chi connectivity index (χ4n) is 2.65. The molecule has 1 saturated carbocycles. The molecule has 6 heteroatoms. The summed E-state index contributed by atoms with van der Waals surface area (Å²) in [6, 6.07) is 4.80. The summed E-state index contributed by atoms with van der Waals surface area (Å²) in [6.07, 6.45) is 4.78. The fourth-order valence-corrected chi connectivity index (χ4v) is 4.19. The first-order chi connectivity index (χ1) is 9.55. The van der Waals surface area contributed by atoms with E-state index in [1.54, 1.807) is 18.2 Å². The Kier molecular flexibility index (Phi) is 4.65. The highest BCUT2D eigenvalue weighted by molar-refractivity contribution is 7.92. The Hall–Kier alpha value is -1.56. The first-order valence-corrected chi connectivity index (χ1v) is 8.33. The molecule has 0 atom stereocenters. The molecule has 1 aromatic rings. The van der Waals surface area contributed by atoms with Crippen LogP contribution in [0.3, 0.4) is 0 Å². The van der Waals surface area contributed by atoms with Gasteiger partial charge in [-0.05, 0) is 30.9 Å². The predicted octanol–water partition coefficient (Wildman–Crippen LogP) is 2.44. The quantitative estimate of drug-likeness (QED) is 0.819. The van der Waals surface area contributed by atoms with Crippen molar-refractivity contribution in [1.29, 1.82) is 0 Å². The minimum absolute atomic E-state index is 0.126. The smallest absolute Gasteiger partial charge is 0.233 e. The predicted molar refractivity (Wildman–Crippen MR) is 77.7 cm³/mol. The van der Waals surface area contributed by atoms with E-state index in [1.807, 2.05) is 0 Å². The number of nitrogens with one attached hydrogen (secondary N) is 1. The highest BCUT2D eigenvalue weighted by Gasteiger charge is 2.23. The van der Waals surface area contributed by atoms with E-state index in [-0.39, 0.29) is 17.4 Å². The van der Waals surface area contributed by atoms with Crippen LogP contribution in [0.5, 0.6) is 5.75 Å². The van der Waals surface area contributed by atoms with Gasteiger partial charge in [0.05, 0.1) is 24.1 Å². The molecule has 0 amide bonds. The van der Waals surface area contributed by atoms with Gasteiger partial charge in [0.15, 0.2) is 12.0 Å². The molecule has 1 fully saturated rings. The molecule has 20 heavy (non-hydrogen) atoms. The van der Waals surface area contributed by atoms with Crippen LogP contribution in [0.1, 0.15) is 36.0 Å². The Balaban J connectivity index is 2.18. The van der Waals surface area contributed by atoms with Crippen LogP contribution >= 0.6 is 0 Å². The molecule has 1 aliphatic rings. The Morgan fingerprint density at radius 2 is 2.05 bits per heavy atom. The zero-order chi connectivity index (χ0) is 14.6. The topological polar surface area (TPSA) is 72.5 Å². The lowest BCUT2D eigenvalue weighted by molar-refractivity contribution is 0.112. The van der Waals surface area contributed by atoms with Gasteiger partial charge < -0.3 is 4.74 Å². The fraction of sp³-hybridized carbons (Fsp3) is 0.500. The number of para-hydroxylation sites is 1. The van der Waals surface area contributed by atoms with Gasteiger partial charge in [-0.15, -0.1) is 0 Å². The molecule has 5 nitrogen and oxygen atoms in total. The van der Waals surface area contributed by atoms with Gasteiger partial charge in [-0.25, -0.2) is 8.42 Å². The van der Waals surface area contributed by atoms with E-state index >= 15 is 0 Å². The third-order valence-electron chi connectivity index (χ3n) is 3.57. The normalized spacial score (nSPS) is 16.1. The summed E-state index contributed by atoms with van der Waals surface area (Å²) in [5.74, 6) is 0.617. The number of aldehydes is 1. The first-order valence-electron chi connectivity index (χ1n) is 6.68. The maximum Gasteiger partial charge on any atom is 0.233 e. The number of sulfonamides is 1. The number of carbonyl (C=O) groups excluding carboxylic acids is 1. The standard InChI is InChI=1S/C14H19NO4S/c1-19-14-12(9-16)7-4-8-13(14)15-20(17,18)10-11-5-2-3-6-11/h4,7-9,11,15H,2-3,5-6,10H2,1H3. The Morgan fingerprint density at radius 1 is 1.35 bits per heavy atom. The molecule has 0 radical (unpaired) electrons. The largest absolute Gasteiger partial charge is 0.494 e. The molecule has 0 spiro atoms. The van der Waals surface area contributed by atoms with Crippen molar-refractivity contribution in [2.45, 2.75) is 25.7 Å². The van der Waals surface area contributed by atoms with Crippen LogP contribution in [-0.4, -0.2) is 27.6 Å². The second-order valence-electron chi connectivity index (χ2n) is 5.08. The van der Waals surface area contributed by atoms with Gasteiger partial charge in [-0.1, -0.05) is 18.9 Å². The number of hydrogen-bond donors (Lipinski definition) is 1. The average Bonchev–Trinajstić information content (AvgIpc) is 2.89. The summed E-state index contributed by atoms with van der Waals surface area (Å²) in [6.45, 7) is 0. The van der Waals surface area contributed by atoms with E-state index in [0.29, 0.717) is 17.5 Å². The van der Waals surface area contributed by atoms with Crippen molar-refractivity contribution in [2.75, 3.05) is 17.6 Å². The molecule has 1 N–H and O–H groups in total. The second kappa shape index (κ2) is 6.26. The molecule has 1 aliphatic carbocycles. The lowest BCUT2D eigenvalue weighted by atomic mass is 10.1. The third-order valence-corrected chi connectivity index (χ3v) is 5.01. The minimum atomic E-state index is -3.42. The van der Waals surface area contributed by atoms with Crippen LogP contribution in [0.4, 0.5) is 5.69 Å². The molecule has 110 valence electrons. The van der Waals surface area contributed by atoms with E-state index in [2.05, 4.69) is 4.72 Å². The molecule has 0 unspecified atom stereocenters. The Labute approximate surface area is 119 Å². The molecule has 0 bridgehead atoms. The summed E-state index contributed by atoms with van der Waals surface area (Å²) in [4.78, 5) is 10.9. The zero-order valence-corrected chi connectivity index (χ0v) is 12.3. The maximum absolute atomic E-state index is 12.2. The summed E-state index contributed by atoms with van der Waals surface area (Å²) in [5.41, 5.74) is 0.642. The average molecular weight is 297 g/mol. The Bertz CT molecular complexity index is 577. The van der Waals surface area contributed by atoms with Crippen molar-refractivity contribution in [3.8, 4) is 5.75 Å². The Morgan fingerprint density at radius 3 is 2.65 bits per heavy atom. The van der Waals surface area contributed by atoms with E-state index < -0.39 is 10.0 Å². The van der Waals surface area contributed by atoms with Crippen LogP contribution in [0.15, 0.2) is 18.2 Å². The van der Waals surface area contributed by atoms with Gasteiger partial charge in [0, 0.05) is 0 Å². The molecular formula is C14H19NO4S. The number of anilines is 1. The molecule has 0 saturated heterocycles. The van der Waals surface area contributed by atoms with E-state index in [0.717, 1.165) is 25.7 Å². The molecule has 0 heterocycles. The number of benzene rings is 1. The molecule has 0 aliphatic heterocycles. The maximum atomic E-state index is 12.2. The highest BCUT2D eigenvalue weighted by atomic mass is 32.2. The van der Waals surface area contributed by atoms with Gasteiger partial charge in [0.25, 0.3) is 0 Å². The minimum Gasteiger partial charge on any atom is -0.494 e. The van der Waals surface area contributed by atoms with Gasteiger partial charge in [-0.3, -0.25) is 9.52 Å². The van der Waals surface area contributed by atoms with Crippen molar-refractivity contribution in [3.63, 3.8) is 0 Å². The van der Waals surface area contributed by atoms with E-state index in [4.69, 9.17) is 4.74 Å². The zero-order valence-electron chi connectivity index (χ0n) is 11.5. The van der Waals surface area contributed by atoms with Crippen LogP contribution in [0.2, 0.25) is 0 Å². The van der Waals surface area contributed by atoms with Crippen molar-refractivity contribution in [3.05, 3.63) is 23.8 Å². The van der Waals surface area contributed by atoms with Crippen LogP contribution < -0.4 is 9.46 Å². The molecule has 2 rings (SSSR count). The van der Waals surface area contributed by atoms with Crippen LogP contribution in [0.25, 0.3) is 0 Å². The van der Waals surface area contributed by atoms with Crippen LogP contribution in [0, 0.1) is 5.92 Å². The number of ether oxygens (including phenoxy) is 1. The van der Waals surface area contributed by atoms with Gasteiger partial charge in [0.1, 0.15) is 0 Å². The van der Waals surface area contributed by atoms with E-state index in [9.17, 15) is 13.2 Å². The summed E-state index contributed by atoms with van der Waals surface area (Å²) in [7, 11) is -2.01. The lowest BCUT2D eigenvalue weighted by Gasteiger charge is -2.15. The number of rotatable bonds is 6. The van der Waals surface area contributed by atoms with E-state index in [1.165, 1.54) is 7.11 Å². The van der Waals surface area contributed by atoms with Gasteiger partial charge >= 0.3 is 0 Å². The number of carbonyl (C=O) groups is 1. The van der Waals surface area contributed by atoms with Crippen molar-refractivity contribution in [1.82, 2.24) is 0 Å². The van der Waals surface area contributed by atoms with Crippen molar-refractivity contribution in [2.24, 2.45) is 5.92 Å². The SMILES string of the molecule is COc1c(C=O)cccc1NS(=O)(=O)CC1CCCC1. The summed E-state index contributed by atoms with van der Waals surface area (Å²) >= 11 is 0. The third kappa shape index (κ3) is 3.50. The second-order valence-corrected chi connectivity index (χ2v) is 6.85. The van der Waals surface area contributed by atoms with Gasteiger partial charge in [0.2, 0.25) is 10.0 Å². The number of methoxy groups -OCH3 is 1. The highest BCUT2D eigenvalue weighted by Crippen LogP contribution is 2.30. The summed E-state index contributed by atoms with van der Waals surface area (Å²) < 4.78 is 32.0. The summed E-state index contributed by atoms with van der Waals surface area (Å²) in [5, 5.41) is 0.